The number of halogens is 2. The lowest BCUT2D eigenvalue weighted by molar-refractivity contribution is -0.0247. The zero-order chi connectivity index (χ0) is 23.9. The minimum Gasteiger partial charge on any atom is -0.379 e. The van der Waals surface area contributed by atoms with Gasteiger partial charge in [0, 0.05) is 49.5 Å². The van der Waals surface area contributed by atoms with Crippen molar-refractivity contribution in [3.63, 3.8) is 0 Å². The van der Waals surface area contributed by atoms with E-state index in [0.717, 1.165) is 11.9 Å². The molecule has 2 amide bonds. The number of nitrogens with zero attached hydrogens (tertiary/aromatic N) is 3. The van der Waals surface area contributed by atoms with Crippen molar-refractivity contribution in [1.82, 2.24) is 14.5 Å². The molecule has 180 valence electrons. The highest BCUT2D eigenvalue weighted by Gasteiger charge is 2.39. The predicted octanol–water partition coefficient (Wildman–Crippen LogP) is 3.75. The molecule has 0 saturated carbocycles. The summed E-state index contributed by atoms with van der Waals surface area (Å²) in [6, 6.07) is 3.76. The Balaban J connectivity index is 1.71. The molecule has 2 aliphatic heterocycles. The topological polar surface area (TPSA) is 114 Å². The molecule has 5 heterocycles. The first-order valence-corrected chi connectivity index (χ1v) is 11.0. The first-order chi connectivity index (χ1) is 16.4. The van der Waals surface area contributed by atoms with Gasteiger partial charge in [0.2, 0.25) is 0 Å². The van der Waals surface area contributed by atoms with Gasteiger partial charge in [0.25, 0.3) is 6.43 Å². The van der Waals surface area contributed by atoms with Crippen molar-refractivity contribution >= 4 is 22.8 Å². The molecule has 0 aromatic carbocycles. The number of alkyl halides is 2. The number of fused-ring (bicyclic) bond motifs is 1. The molecule has 2 fully saturated rings. The molecule has 5 rings (SSSR count). The second-order valence-corrected chi connectivity index (χ2v) is 8.52. The van der Waals surface area contributed by atoms with Crippen LogP contribution in [0, 0.1) is 0 Å². The number of hydrogen-bond acceptors (Lipinski definition) is 6. The van der Waals surface area contributed by atoms with E-state index in [0.29, 0.717) is 48.6 Å². The van der Waals surface area contributed by atoms with E-state index in [9.17, 15) is 13.6 Å². The van der Waals surface area contributed by atoms with Gasteiger partial charge in [-0.25, -0.2) is 23.5 Å². The van der Waals surface area contributed by atoms with Crippen molar-refractivity contribution in [2.45, 2.75) is 30.9 Å². The summed E-state index contributed by atoms with van der Waals surface area (Å²) in [6.45, 7) is 1.86. The van der Waals surface area contributed by atoms with Gasteiger partial charge in [-0.15, -0.1) is 0 Å². The molecule has 2 aliphatic rings. The molecule has 0 unspecified atom stereocenters. The summed E-state index contributed by atoms with van der Waals surface area (Å²) in [4.78, 5) is 20.4. The van der Waals surface area contributed by atoms with Gasteiger partial charge in [0.15, 0.2) is 0 Å². The SMILES string of the molecule is CO[C@@]1(c2cc(C(F)F)cc(-c3cn([C@@H]4CCOC4)c4cnc(NC(N)=O)cc34)n2)CCOC1. The summed E-state index contributed by atoms with van der Waals surface area (Å²) in [5, 5.41) is 3.17. The largest absolute Gasteiger partial charge is 0.379 e. The molecular formula is C23H25F2N5O4. The second-order valence-electron chi connectivity index (χ2n) is 8.52. The zero-order valence-corrected chi connectivity index (χ0v) is 18.6. The molecule has 0 bridgehead atoms. The summed E-state index contributed by atoms with van der Waals surface area (Å²) in [5.41, 5.74) is 6.39. The normalized spacial score (nSPS) is 22.6. The zero-order valence-electron chi connectivity index (χ0n) is 18.6. The third-order valence-corrected chi connectivity index (χ3v) is 6.49. The number of methoxy groups -OCH3 is 1. The summed E-state index contributed by atoms with van der Waals surface area (Å²) in [6.07, 6.45) is 2.14. The van der Waals surface area contributed by atoms with E-state index in [4.69, 9.17) is 24.9 Å². The molecule has 0 radical (unpaired) electrons. The Morgan fingerprint density at radius 2 is 2.18 bits per heavy atom. The highest BCUT2D eigenvalue weighted by atomic mass is 19.3. The van der Waals surface area contributed by atoms with E-state index in [2.05, 4.69) is 10.3 Å². The molecule has 2 atom stereocenters. The lowest BCUT2D eigenvalue weighted by Crippen LogP contribution is -2.30. The summed E-state index contributed by atoms with van der Waals surface area (Å²) in [7, 11) is 1.53. The standard InChI is InChI=1S/C23H25F2N5O4/c1-32-23(3-5-34-12-23)19-7-13(21(24)25)6-17(28-19)16-10-30(14-2-4-33-11-14)18-9-27-20(8-15(16)18)29-22(26)31/h6-10,14,21H,2-5,11-12H2,1H3,(H3,26,27,29,31)/t14-,23+/m1/s1. The molecule has 11 heteroatoms. The van der Waals surface area contributed by atoms with Gasteiger partial charge >= 0.3 is 6.03 Å². The average Bonchev–Trinajstić information content (AvgIpc) is 3.58. The molecule has 3 N–H and O–H groups in total. The van der Waals surface area contributed by atoms with Crippen LogP contribution >= 0.6 is 0 Å². The van der Waals surface area contributed by atoms with Crippen LogP contribution in [0.2, 0.25) is 0 Å². The van der Waals surface area contributed by atoms with Crippen LogP contribution in [0.4, 0.5) is 19.4 Å². The fraction of sp³-hybridized carbons (Fsp3) is 0.435. The Labute approximate surface area is 194 Å². The Morgan fingerprint density at radius 3 is 2.82 bits per heavy atom. The maximum absolute atomic E-state index is 13.9. The van der Waals surface area contributed by atoms with Crippen LogP contribution in [0.5, 0.6) is 0 Å². The Bertz CT molecular complexity index is 1220. The number of carbonyl (C=O) groups excluding carboxylic acids is 1. The van der Waals surface area contributed by atoms with Crippen molar-refractivity contribution in [2.75, 3.05) is 38.9 Å². The van der Waals surface area contributed by atoms with Crippen molar-refractivity contribution < 1.29 is 27.8 Å². The van der Waals surface area contributed by atoms with E-state index in [1.165, 1.54) is 19.2 Å². The Hall–Kier alpha value is -3.15. The molecule has 3 aromatic heterocycles. The molecule has 9 nitrogen and oxygen atoms in total. The van der Waals surface area contributed by atoms with Crippen molar-refractivity contribution in [1.29, 1.82) is 0 Å². The van der Waals surface area contributed by atoms with E-state index < -0.39 is 18.1 Å². The van der Waals surface area contributed by atoms with Crippen LogP contribution in [0.15, 0.2) is 30.6 Å². The minimum absolute atomic E-state index is 0.0688. The van der Waals surface area contributed by atoms with E-state index in [1.54, 1.807) is 12.3 Å². The predicted molar refractivity (Wildman–Crippen MR) is 120 cm³/mol. The van der Waals surface area contributed by atoms with Gasteiger partial charge in [-0.2, -0.15) is 0 Å². The molecule has 0 aliphatic carbocycles. The van der Waals surface area contributed by atoms with Crippen LogP contribution in [-0.4, -0.2) is 54.1 Å². The average molecular weight is 473 g/mol. The maximum Gasteiger partial charge on any atom is 0.317 e. The van der Waals surface area contributed by atoms with Gasteiger partial charge in [0.05, 0.1) is 42.4 Å². The van der Waals surface area contributed by atoms with Crippen LogP contribution in [0.3, 0.4) is 0 Å². The van der Waals surface area contributed by atoms with Gasteiger partial charge < -0.3 is 24.5 Å². The number of ether oxygens (including phenoxy) is 3. The molecule has 3 aromatic rings. The number of urea groups is 1. The third-order valence-electron chi connectivity index (χ3n) is 6.49. The highest BCUT2D eigenvalue weighted by Crippen LogP contribution is 2.39. The monoisotopic (exact) mass is 473 g/mol. The van der Waals surface area contributed by atoms with Gasteiger partial charge in [0.1, 0.15) is 11.4 Å². The van der Waals surface area contributed by atoms with Gasteiger partial charge in [-0.1, -0.05) is 0 Å². The number of carbonyl (C=O) groups is 1. The first kappa shape index (κ1) is 22.6. The van der Waals surface area contributed by atoms with E-state index in [1.807, 2.05) is 10.8 Å². The minimum atomic E-state index is -2.69. The quantitative estimate of drug-likeness (QED) is 0.564. The number of pyridine rings is 2. The molecule has 0 spiro atoms. The summed E-state index contributed by atoms with van der Waals surface area (Å²) < 4.78 is 46.7. The fourth-order valence-electron chi connectivity index (χ4n) is 4.65. The van der Waals surface area contributed by atoms with E-state index >= 15 is 0 Å². The van der Waals surface area contributed by atoms with Crippen molar-refractivity contribution in [3.8, 4) is 11.3 Å². The van der Waals surface area contributed by atoms with Crippen LogP contribution in [0.1, 0.15) is 36.6 Å². The number of nitrogens with one attached hydrogen (secondary N) is 1. The first-order valence-electron chi connectivity index (χ1n) is 11.0. The molecular weight excluding hydrogens is 448 g/mol. The second kappa shape index (κ2) is 8.90. The number of anilines is 1. The van der Waals surface area contributed by atoms with Crippen LogP contribution in [0.25, 0.3) is 22.2 Å². The number of nitrogens with two attached hydrogens (primary N) is 1. The Morgan fingerprint density at radius 1 is 1.32 bits per heavy atom. The maximum atomic E-state index is 13.9. The number of amides is 2. The third kappa shape index (κ3) is 3.99. The van der Waals surface area contributed by atoms with E-state index in [-0.39, 0.29) is 24.0 Å². The smallest absolute Gasteiger partial charge is 0.317 e. The Kier molecular flexibility index (Phi) is 5.92. The molecule has 34 heavy (non-hydrogen) atoms. The van der Waals surface area contributed by atoms with Crippen molar-refractivity contribution in [2.24, 2.45) is 5.73 Å². The van der Waals surface area contributed by atoms with Gasteiger partial charge in [-0.3, -0.25) is 5.32 Å². The summed E-state index contributed by atoms with van der Waals surface area (Å²) in [5.74, 6) is 0.254. The fourth-order valence-corrected chi connectivity index (χ4v) is 4.65. The molecule has 2 saturated heterocycles. The summed E-state index contributed by atoms with van der Waals surface area (Å²) >= 11 is 0. The van der Waals surface area contributed by atoms with Crippen LogP contribution in [-0.2, 0) is 19.8 Å². The van der Waals surface area contributed by atoms with Crippen molar-refractivity contribution in [3.05, 3.63) is 41.9 Å². The lowest BCUT2D eigenvalue weighted by Gasteiger charge is -2.26. The number of hydrogen-bond donors (Lipinski definition) is 2. The number of aromatic nitrogens is 3. The lowest BCUT2D eigenvalue weighted by atomic mass is 9.95. The van der Waals surface area contributed by atoms with Gasteiger partial charge in [-0.05, 0) is 24.6 Å². The number of primary amides is 1. The van der Waals surface area contributed by atoms with Crippen LogP contribution < -0.4 is 11.1 Å². The highest BCUT2D eigenvalue weighted by molar-refractivity contribution is 5.98. The number of rotatable bonds is 6.